The molecular formula is C10H10F2N2O6. The summed E-state index contributed by atoms with van der Waals surface area (Å²) in [5.74, 6) is -3.08. The lowest BCUT2D eigenvalue weighted by Gasteiger charge is -2.32. The van der Waals surface area contributed by atoms with E-state index < -0.39 is 47.3 Å². The van der Waals surface area contributed by atoms with E-state index >= 15 is 0 Å². The maximum Gasteiger partial charge on any atom is 0.330 e. The zero-order valence-corrected chi connectivity index (χ0v) is 9.79. The first-order chi connectivity index (χ1) is 9.22. The molecule has 1 saturated carbocycles. The summed E-state index contributed by atoms with van der Waals surface area (Å²) >= 11 is 0. The monoisotopic (exact) mass is 292 g/mol. The number of aliphatic hydroxyl groups excluding tert-OH is 1. The molecule has 2 aliphatic rings. The molecule has 3 rings (SSSR count). The minimum absolute atomic E-state index is 0.527. The number of hydrogen-bond donors (Lipinski definition) is 4. The number of rotatable bonds is 2. The van der Waals surface area contributed by atoms with Crippen molar-refractivity contribution >= 4 is 0 Å². The van der Waals surface area contributed by atoms with Crippen molar-refractivity contribution in [2.24, 2.45) is 0 Å². The van der Waals surface area contributed by atoms with Crippen LogP contribution in [0.2, 0.25) is 0 Å². The van der Waals surface area contributed by atoms with Crippen LogP contribution in [-0.4, -0.2) is 54.7 Å². The highest BCUT2D eigenvalue weighted by molar-refractivity contribution is 5.36. The van der Waals surface area contributed by atoms with Crippen LogP contribution in [0.15, 0.2) is 21.9 Å². The summed E-state index contributed by atoms with van der Waals surface area (Å²) in [7, 11) is 0. The molecule has 8 nitrogen and oxygen atoms in total. The molecule has 2 heterocycles. The lowest BCUT2D eigenvalue weighted by Crippen LogP contribution is -2.54. The van der Waals surface area contributed by atoms with Crippen LogP contribution in [0.4, 0.5) is 8.78 Å². The number of ether oxygens (including phenoxy) is 1. The first kappa shape index (κ1) is 13.4. The minimum Gasteiger partial charge on any atom is -0.384 e. The van der Waals surface area contributed by atoms with Gasteiger partial charge in [0.1, 0.15) is 6.67 Å². The summed E-state index contributed by atoms with van der Waals surface area (Å²) < 4.78 is 32.4. The predicted molar refractivity (Wildman–Crippen MR) is 57.2 cm³/mol. The molecule has 1 aromatic heterocycles. The van der Waals surface area contributed by atoms with E-state index in [1.54, 1.807) is 0 Å². The van der Waals surface area contributed by atoms with Crippen molar-refractivity contribution < 1.29 is 28.8 Å². The number of aromatic amines is 1. The van der Waals surface area contributed by atoms with Gasteiger partial charge in [-0.1, -0.05) is 0 Å². The van der Waals surface area contributed by atoms with E-state index in [0.717, 1.165) is 12.3 Å². The third kappa shape index (κ3) is 1.18. The molecule has 1 unspecified atom stereocenters. The molecule has 0 radical (unpaired) electrons. The van der Waals surface area contributed by atoms with Crippen LogP contribution >= 0.6 is 0 Å². The SMILES string of the molecule is O=c1ccn([C@@H]2O[C@]3(F)C(O)[C@]3(O)[C@]2(O)CF)c(=O)[nH]1. The van der Waals surface area contributed by atoms with Gasteiger partial charge in [0.15, 0.2) is 23.5 Å². The molecule has 5 atom stereocenters. The van der Waals surface area contributed by atoms with Crippen molar-refractivity contribution in [2.75, 3.05) is 6.67 Å². The number of halogens is 2. The summed E-state index contributed by atoms with van der Waals surface area (Å²) in [6.45, 7) is -1.68. The van der Waals surface area contributed by atoms with E-state index in [4.69, 9.17) is 0 Å². The topological polar surface area (TPSA) is 125 Å². The molecule has 2 fully saturated rings. The van der Waals surface area contributed by atoms with Gasteiger partial charge in [-0.2, -0.15) is 0 Å². The Labute approximate surface area is 108 Å². The maximum absolute atomic E-state index is 14.1. The maximum atomic E-state index is 14.1. The second-order valence-corrected chi connectivity index (χ2v) is 4.86. The molecule has 4 N–H and O–H groups in total. The number of alkyl halides is 2. The Morgan fingerprint density at radius 1 is 1.45 bits per heavy atom. The summed E-state index contributed by atoms with van der Waals surface area (Å²) in [5.41, 5.74) is -7.60. The number of nitrogens with one attached hydrogen (secondary N) is 1. The van der Waals surface area contributed by atoms with Crippen molar-refractivity contribution in [3.05, 3.63) is 33.1 Å². The fourth-order valence-corrected chi connectivity index (χ4v) is 2.58. The van der Waals surface area contributed by atoms with E-state index in [0.29, 0.717) is 4.57 Å². The molecule has 20 heavy (non-hydrogen) atoms. The van der Waals surface area contributed by atoms with E-state index in [2.05, 4.69) is 4.74 Å². The van der Waals surface area contributed by atoms with Gasteiger partial charge in [-0.3, -0.25) is 14.3 Å². The van der Waals surface area contributed by atoms with Gasteiger partial charge in [0, 0.05) is 12.3 Å². The van der Waals surface area contributed by atoms with E-state index in [9.17, 15) is 33.7 Å². The summed E-state index contributed by atoms with van der Waals surface area (Å²) in [6, 6.07) is 0.874. The van der Waals surface area contributed by atoms with Gasteiger partial charge in [-0.25, -0.2) is 13.6 Å². The molecule has 1 aliphatic carbocycles. The Balaban J connectivity index is 2.13. The summed E-state index contributed by atoms with van der Waals surface area (Å²) in [6.07, 6.45) is -3.21. The van der Waals surface area contributed by atoms with Crippen molar-refractivity contribution in [3.63, 3.8) is 0 Å². The zero-order valence-electron chi connectivity index (χ0n) is 9.79. The fraction of sp³-hybridized carbons (Fsp3) is 0.600. The Hall–Kier alpha value is -1.62. The van der Waals surface area contributed by atoms with E-state index in [1.165, 1.54) is 0 Å². The number of hydrogen-bond acceptors (Lipinski definition) is 6. The van der Waals surface area contributed by atoms with Gasteiger partial charge in [0.2, 0.25) is 0 Å². The number of nitrogens with zero attached hydrogens (tertiary/aromatic N) is 1. The second-order valence-electron chi connectivity index (χ2n) is 4.86. The van der Waals surface area contributed by atoms with Gasteiger partial charge in [-0.15, -0.1) is 0 Å². The minimum atomic E-state index is -3.08. The fourth-order valence-electron chi connectivity index (χ4n) is 2.58. The quantitative estimate of drug-likeness (QED) is 0.479. The van der Waals surface area contributed by atoms with Crippen molar-refractivity contribution in [1.29, 1.82) is 0 Å². The Morgan fingerprint density at radius 2 is 2.10 bits per heavy atom. The van der Waals surface area contributed by atoms with Crippen molar-refractivity contribution in [3.8, 4) is 0 Å². The van der Waals surface area contributed by atoms with Crippen LogP contribution in [-0.2, 0) is 4.74 Å². The normalized spacial score (nSPS) is 46.2. The third-order valence-corrected chi connectivity index (χ3v) is 3.84. The van der Waals surface area contributed by atoms with Crippen molar-refractivity contribution in [2.45, 2.75) is 29.4 Å². The molecule has 1 aliphatic heterocycles. The second kappa shape index (κ2) is 3.52. The zero-order chi connectivity index (χ0) is 14.9. The molecular weight excluding hydrogens is 282 g/mol. The third-order valence-electron chi connectivity index (χ3n) is 3.84. The van der Waals surface area contributed by atoms with Crippen LogP contribution < -0.4 is 11.2 Å². The van der Waals surface area contributed by atoms with Crippen LogP contribution in [0, 0.1) is 0 Å². The molecule has 1 aromatic rings. The van der Waals surface area contributed by atoms with Crippen LogP contribution in [0.3, 0.4) is 0 Å². The van der Waals surface area contributed by atoms with Gasteiger partial charge in [0.05, 0.1) is 0 Å². The lowest BCUT2D eigenvalue weighted by molar-refractivity contribution is -0.195. The molecule has 110 valence electrons. The lowest BCUT2D eigenvalue weighted by atomic mass is 9.94. The van der Waals surface area contributed by atoms with E-state index in [1.807, 2.05) is 4.98 Å². The standard InChI is InChI=1S/C10H10F2N2O6/c11-3-8(18)6(14-2-1-4(15)13-7(14)17)20-10(12)5(16)9(8,10)19/h1-2,5-6,16,18-19H,3H2,(H,13,15,17)/t5?,6-,8+,9+,10-/m1/s1. The smallest absolute Gasteiger partial charge is 0.330 e. The Bertz CT molecular complexity index is 691. The Kier molecular flexibility index (Phi) is 2.35. The average Bonchev–Trinajstić information content (AvgIpc) is 2.74. The molecule has 0 spiro atoms. The van der Waals surface area contributed by atoms with Gasteiger partial charge < -0.3 is 20.1 Å². The highest BCUT2D eigenvalue weighted by Gasteiger charge is 2.95. The van der Waals surface area contributed by atoms with Gasteiger partial charge in [-0.05, 0) is 0 Å². The van der Waals surface area contributed by atoms with Crippen molar-refractivity contribution in [1.82, 2.24) is 9.55 Å². The Morgan fingerprint density at radius 3 is 2.65 bits per heavy atom. The highest BCUT2D eigenvalue weighted by Crippen LogP contribution is 2.67. The largest absolute Gasteiger partial charge is 0.384 e. The van der Waals surface area contributed by atoms with Crippen LogP contribution in [0.5, 0.6) is 0 Å². The molecule has 0 amide bonds. The molecule has 0 bridgehead atoms. The number of aliphatic hydroxyl groups is 3. The predicted octanol–water partition coefficient (Wildman–Crippen LogP) is -2.46. The van der Waals surface area contributed by atoms with Gasteiger partial charge >= 0.3 is 5.69 Å². The van der Waals surface area contributed by atoms with Crippen LogP contribution in [0.25, 0.3) is 0 Å². The van der Waals surface area contributed by atoms with Crippen LogP contribution in [0.1, 0.15) is 6.23 Å². The summed E-state index contributed by atoms with van der Waals surface area (Å²) in [5, 5.41) is 29.3. The first-order valence-corrected chi connectivity index (χ1v) is 5.59. The molecule has 1 saturated heterocycles. The number of H-pyrrole nitrogens is 1. The first-order valence-electron chi connectivity index (χ1n) is 5.59. The summed E-state index contributed by atoms with van der Waals surface area (Å²) in [4.78, 5) is 24.3. The average molecular weight is 292 g/mol. The van der Waals surface area contributed by atoms with E-state index in [-0.39, 0.29) is 0 Å². The molecule has 0 aromatic carbocycles. The number of aromatic nitrogens is 2. The highest BCUT2D eigenvalue weighted by atomic mass is 19.2. The molecule has 10 heteroatoms. The van der Waals surface area contributed by atoms with Gasteiger partial charge in [0.25, 0.3) is 11.4 Å². The number of fused-ring (bicyclic) bond motifs is 1.